The van der Waals surface area contributed by atoms with Crippen LogP contribution >= 0.6 is 0 Å². The molecule has 25 heteroatoms. The van der Waals surface area contributed by atoms with Crippen molar-refractivity contribution in [1.82, 2.24) is 0 Å². The molecule has 0 bridgehead atoms. The Morgan fingerprint density at radius 2 is 0.170 bits per heavy atom. The van der Waals surface area contributed by atoms with E-state index in [1.54, 1.807) is 0 Å². The van der Waals surface area contributed by atoms with Crippen LogP contribution in [-0.4, -0.2) is 223 Å². The van der Waals surface area contributed by atoms with Crippen LogP contribution in [0.2, 0.25) is 236 Å². The van der Waals surface area contributed by atoms with Gasteiger partial charge in [0.1, 0.15) is 92.5 Å². The topological polar surface area (TPSA) is 89.6 Å². The van der Waals surface area contributed by atoms with Crippen molar-refractivity contribution in [3.63, 3.8) is 0 Å². The van der Waals surface area contributed by atoms with Crippen molar-refractivity contribution in [3.8, 4) is 0 Å². The molecule has 7 aliphatic heterocycles. The minimum Gasteiger partial charge on any atom is -0.434 e. The zero-order chi connectivity index (χ0) is 109. The summed E-state index contributed by atoms with van der Waals surface area (Å²) in [7, 11) is -10.3. The van der Waals surface area contributed by atoms with Crippen molar-refractivity contribution in [2.45, 2.75) is 523 Å². The second-order valence-electron chi connectivity index (χ2n) is 56.0. The quantitative estimate of drug-likeness (QED) is 0.131. The van der Waals surface area contributed by atoms with Gasteiger partial charge in [0, 0.05) is 289 Å². The van der Waals surface area contributed by atoms with Gasteiger partial charge >= 0.3 is 0 Å². The molecule has 6 aliphatic carbocycles. The van der Waals surface area contributed by atoms with E-state index in [0.29, 0.717) is 0 Å². The molecule has 7 nitrogen and oxygen atoms in total. The molecule has 7 heterocycles. The first-order chi connectivity index (χ1) is 60.6. The van der Waals surface area contributed by atoms with Gasteiger partial charge in [0.05, 0.1) is 0 Å². The summed E-state index contributed by atoms with van der Waals surface area (Å²) >= 11 is 0. The summed E-state index contributed by atoms with van der Waals surface area (Å²) in [5.74, 6) is 9.35. The van der Waals surface area contributed by atoms with Crippen LogP contribution in [-0.2, 0) is 84.4 Å². The molecule has 0 aromatic rings. The van der Waals surface area contributed by atoms with E-state index < -0.39 is 96.9 Å². The van der Waals surface area contributed by atoms with E-state index in [9.17, 15) is 0 Å². The fourth-order valence-electron chi connectivity index (χ4n) is 12.2. The monoisotopic (exact) mass is 2880 g/mol. The van der Waals surface area contributed by atoms with E-state index in [1.165, 1.54) is 218 Å². The van der Waals surface area contributed by atoms with Gasteiger partial charge in [-0.1, -0.05) is 433 Å². The summed E-state index contributed by atoms with van der Waals surface area (Å²) in [5, 5.41) is 0. The van der Waals surface area contributed by atoms with Crippen LogP contribution in [0.4, 0.5) is 0 Å². The van der Waals surface area contributed by atoms with Crippen molar-refractivity contribution in [2.24, 2.45) is 59.2 Å². The van der Waals surface area contributed by atoms with Crippen LogP contribution in [0.3, 0.4) is 0 Å². The summed E-state index contributed by atoms with van der Waals surface area (Å²) in [4.78, 5) is 0. The van der Waals surface area contributed by atoms with Crippen LogP contribution in [0, 0.1) is 297 Å². The van der Waals surface area contributed by atoms with E-state index >= 15 is 0 Å². The van der Waals surface area contributed by atoms with Gasteiger partial charge in [-0.2, -0.15) is 0 Å². The first-order valence-electron chi connectivity index (χ1n) is 56.3. The van der Waals surface area contributed by atoms with Gasteiger partial charge in [-0.3, -0.25) is 0 Å². The Bertz CT molecular complexity index is 1560. The molecule has 13 fully saturated rings. The molecule has 7 N–H and O–H groups in total. The predicted molar refractivity (Wildman–Crippen MR) is 715 cm³/mol. The van der Waals surface area contributed by atoms with E-state index in [-0.39, 0.29) is 244 Å². The minimum atomic E-state index is -0.861. The van der Waals surface area contributed by atoms with E-state index in [4.69, 9.17) is 0 Å². The van der Waals surface area contributed by atoms with Crippen LogP contribution in [0.15, 0.2) is 0 Å². The van der Waals surface area contributed by atoms with Crippen molar-refractivity contribution in [2.75, 3.05) is 92.5 Å². The molecule has 0 atom stereocenters. The average molecular weight is 2890 g/mol. The molecule has 147 heavy (non-hydrogen) atoms. The Morgan fingerprint density at radius 1 is 0.136 bits per heavy atom. The second-order valence-corrected chi connectivity index (χ2v) is 117. The molecule has 0 aromatic heterocycles. The second kappa shape index (κ2) is 133. The Morgan fingerprint density at radius 3 is 0.190 bits per heavy atom. The standard InChI is InChI=1S/2C10H20.4C5H10.7C4H8O.12C4H11Si.6CH3.Gd.Ho.Lu.2Sc.Y/c2*1-6-7(2)9(4)10(5)8(6)3;11*1-2-4-5-3-1;12*1-5(2,3)4;;;;;;;;;;;;/h2*6-10H,1-5H3;4*1-5H2;7*1-4H2;12*1H2,2-4H3;6*1H3;;;;;;/q;;;;;;;;;;;;;18*-1;;;;;;/p+7. The van der Waals surface area contributed by atoms with Gasteiger partial charge in [0.25, 0.3) is 0 Å². The molecule has 6 saturated carbocycles. The van der Waals surface area contributed by atoms with Gasteiger partial charge in [-0.15, -0.1) is 96.9 Å². The Labute approximate surface area is 1110 Å². The van der Waals surface area contributed by atoms with Crippen LogP contribution < -0.4 is 0 Å². The third-order valence-corrected chi connectivity index (χ3v) is 19.5. The third kappa shape index (κ3) is 335. The largest absolute Gasteiger partial charge is 0.434 e. The van der Waals surface area contributed by atoms with Gasteiger partial charge in [-0.25, -0.2) is 0 Å². The van der Waals surface area contributed by atoms with Crippen molar-refractivity contribution >= 4 is 96.9 Å². The van der Waals surface area contributed by atoms with Gasteiger partial charge < -0.3 is 156 Å². The first kappa shape index (κ1) is 215. The van der Waals surface area contributed by atoms with E-state index in [0.717, 1.165) is 152 Å². The molecule has 0 amide bonds. The fourth-order valence-corrected chi connectivity index (χ4v) is 12.2. The number of rotatable bonds is 0. The average Bonchev–Trinajstić information content (AvgIpc) is 1.69. The van der Waals surface area contributed by atoms with Gasteiger partial charge in [0.15, 0.2) is 0 Å². The Balaban J connectivity index is -0.0000000487. The Kier molecular flexibility index (Phi) is 195. The molecule has 13 rings (SSSR count). The smallest absolute Gasteiger partial charge is 0.145 e. The summed E-state index contributed by atoms with van der Waals surface area (Å²) < 4.78 is 28.6. The van der Waals surface area contributed by atoms with Crippen molar-refractivity contribution in [3.05, 3.63) is 123 Å². The molecule has 925 valence electrons. The van der Waals surface area contributed by atoms with Crippen LogP contribution in [0.5, 0.6) is 0 Å². The molecule has 7 saturated heterocycles. The van der Waals surface area contributed by atoms with Crippen molar-refractivity contribution in [1.29, 1.82) is 0 Å². The van der Waals surface area contributed by atoms with Gasteiger partial charge in [0.2, 0.25) is 0 Å². The minimum absolute atomic E-state index is 0. The zero-order valence-corrected chi connectivity index (χ0v) is 136. The molecule has 0 aromatic carbocycles. The molecule has 0 spiro atoms. The van der Waals surface area contributed by atoms with E-state index in [2.05, 4.69) is 417 Å². The van der Waals surface area contributed by atoms with Crippen LogP contribution in [0.25, 0.3) is 0 Å². The number of hydrogen-bond donors (Lipinski definition) is 0. The third-order valence-electron chi connectivity index (χ3n) is 19.5. The number of aliphatic hydroxyl groups is 14. The fraction of sp³-hybridized carbons (Fsp3) is 0.852. The predicted octanol–water partition coefficient (Wildman–Crippen LogP) is 39.4. The molecule has 5 radical (unpaired) electrons. The van der Waals surface area contributed by atoms with E-state index in [1.807, 2.05) is 0 Å². The molecule has 0 unspecified atom stereocenters. The summed E-state index contributed by atoms with van der Waals surface area (Å²) in [5.41, 5.74) is 0. The zero-order valence-electron chi connectivity index (χ0n) is 112. The number of hydrogen-bond acceptors (Lipinski definition) is 0. The SMILES string of the molecule is C1CCCC1.C1CCCC1.C1CCCC1.C1CCCC1.C1CC[OH+]C1.C1CC[OH+]C1.C1CC[OH+]C1.C1CC[OH+]C1.C1CC[OH+]C1.C1CC[OH+]C1.C1CC[OH+]C1.CC1C(C)C(C)C(C)C1C.CC1C(C)C(C)C(C)C1C.[CH2-][Si](C)(C)C.[CH2-][Si](C)(C)C.[CH2-][Si](C)(C)C.[CH2-][Si](C)(C)C.[CH2-][Si](C)(C)C.[CH2-][Si](C)(C)C.[CH2-][Si](C)(C)C.[CH2-][Si](C)(C)C.[CH2-][Si](C)(C)C.[CH2-][Si](C)(C)C.[CH2-][Si](C)(C)C.[CH2-][Si](C)(C)C.[CH3-].[CH3-].[CH3-].[CH3-].[CH3-].[CH3-].[Gd].[Ho].[Lu].[Sc].[Sc].[Y]. The first-order valence-corrected chi connectivity index (χ1v) is 101. The molecular formula is C122H293GdHoLuO7Sc2Si12Y-11. The maximum Gasteiger partial charge on any atom is 0.145 e. The summed E-state index contributed by atoms with van der Waals surface area (Å²) in [6.07, 6.45) is 48.7. The molecular weight excluding hydrogens is 2590 g/mol. The normalized spacial score (nSPS) is 21.4. The summed E-state index contributed by atoms with van der Waals surface area (Å²) in [6, 6.07) is 0. The maximum absolute atomic E-state index is 4.08. The van der Waals surface area contributed by atoms with Gasteiger partial charge in [-0.05, 0) is 59.2 Å². The summed E-state index contributed by atoms with van der Waals surface area (Å²) in [6.45, 7) is 166. The van der Waals surface area contributed by atoms with Crippen molar-refractivity contribution < 1.29 is 232 Å². The maximum atomic E-state index is 4.08. The molecule has 13 aliphatic rings. The Hall–Kier alpha value is 8.98. The van der Waals surface area contributed by atoms with Crippen LogP contribution in [0.1, 0.15) is 288 Å². The number of ether oxygens (including phenoxy) is 7.